The Bertz CT molecular complexity index is 2250. The van der Waals surface area contributed by atoms with Crippen LogP contribution in [0.2, 0.25) is 0 Å². The summed E-state index contributed by atoms with van der Waals surface area (Å²) in [5.74, 6) is -0.845. The van der Waals surface area contributed by atoms with Crippen LogP contribution in [-0.2, 0) is 0 Å². The normalized spacial score (nSPS) is 11.8. The molecule has 0 N–H and O–H groups in total. The summed E-state index contributed by atoms with van der Waals surface area (Å²) in [4.78, 5) is 1.61. The van der Waals surface area contributed by atoms with Crippen LogP contribution in [-0.4, -0.2) is 4.57 Å². The molecule has 0 aliphatic carbocycles. The lowest BCUT2D eigenvalue weighted by Crippen LogP contribution is -2.13. The quantitative estimate of drug-likeness (QED) is 0.142. The average Bonchev–Trinajstić information content (AvgIpc) is 3.41. The lowest BCUT2D eigenvalue weighted by Gasteiger charge is -2.26. The van der Waals surface area contributed by atoms with E-state index < -0.39 is 11.6 Å². The van der Waals surface area contributed by atoms with E-state index in [1.807, 2.05) is 30.3 Å². The highest BCUT2D eigenvalue weighted by atomic mass is 19.1. The summed E-state index contributed by atoms with van der Waals surface area (Å²) >= 11 is 0. The molecule has 0 amide bonds. The molecule has 0 saturated carbocycles. The number of halogens is 2. The molecule has 0 spiro atoms. The molecule has 0 fully saturated rings. The molecule has 0 aliphatic heterocycles. The number of anilines is 3. The van der Waals surface area contributed by atoms with Gasteiger partial charge in [0, 0.05) is 22.1 Å². The van der Waals surface area contributed by atoms with E-state index in [4.69, 9.17) is 0 Å². The highest BCUT2D eigenvalue weighted by Gasteiger charge is 2.19. The summed E-state index contributed by atoms with van der Waals surface area (Å²) < 4.78 is 32.2. The second-order valence-corrected chi connectivity index (χ2v) is 10.9. The third kappa shape index (κ3) is 4.23. The van der Waals surface area contributed by atoms with Gasteiger partial charge in [0.2, 0.25) is 0 Å². The van der Waals surface area contributed by atoms with Crippen molar-refractivity contribution < 1.29 is 8.78 Å². The molecular formula is C40H26F2N2. The van der Waals surface area contributed by atoms with Crippen molar-refractivity contribution in [2.45, 2.75) is 0 Å². The second kappa shape index (κ2) is 10.5. The Hall–Kier alpha value is -5.74. The summed E-state index contributed by atoms with van der Waals surface area (Å²) in [6.45, 7) is 0. The molecule has 0 unspecified atom stereocenters. The Morgan fingerprint density at radius 2 is 1.16 bits per heavy atom. The van der Waals surface area contributed by atoms with Crippen LogP contribution in [0, 0.1) is 11.6 Å². The maximum Gasteiger partial charge on any atom is 0.147 e. The molecule has 44 heavy (non-hydrogen) atoms. The molecule has 8 aromatic rings. The van der Waals surface area contributed by atoms with Gasteiger partial charge in [-0.3, -0.25) is 0 Å². The first-order valence-electron chi connectivity index (χ1n) is 14.6. The van der Waals surface area contributed by atoms with E-state index in [2.05, 4.69) is 83.4 Å². The summed E-state index contributed by atoms with van der Waals surface area (Å²) in [5, 5.41) is 4.94. The molecule has 0 radical (unpaired) electrons. The van der Waals surface area contributed by atoms with Gasteiger partial charge in [0.15, 0.2) is 0 Å². The number of aromatic nitrogens is 1. The first-order valence-corrected chi connectivity index (χ1v) is 14.6. The predicted molar refractivity (Wildman–Crippen MR) is 179 cm³/mol. The molecule has 1 heterocycles. The number of para-hydroxylation sites is 3. The Morgan fingerprint density at radius 3 is 1.86 bits per heavy atom. The molecule has 0 atom stereocenters. The third-order valence-electron chi connectivity index (χ3n) is 8.30. The van der Waals surface area contributed by atoms with E-state index in [9.17, 15) is 8.78 Å². The van der Waals surface area contributed by atoms with E-state index >= 15 is 0 Å². The molecule has 0 aliphatic rings. The van der Waals surface area contributed by atoms with E-state index in [0.717, 1.165) is 16.8 Å². The summed E-state index contributed by atoms with van der Waals surface area (Å²) in [5.41, 5.74) is 6.86. The van der Waals surface area contributed by atoms with Crippen LogP contribution >= 0.6 is 0 Å². The van der Waals surface area contributed by atoms with Crippen LogP contribution in [0.1, 0.15) is 11.1 Å². The molecule has 210 valence electrons. The van der Waals surface area contributed by atoms with Gasteiger partial charge in [0.25, 0.3) is 0 Å². The molecule has 2 nitrogen and oxygen atoms in total. The van der Waals surface area contributed by atoms with Crippen LogP contribution in [0.4, 0.5) is 25.8 Å². The fourth-order valence-corrected chi connectivity index (χ4v) is 6.31. The number of hydrogen-bond donors (Lipinski definition) is 0. The first-order chi connectivity index (χ1) is 21.7. The van der Waals surface area contributed by atoms with Crippen LogP contribution in [0.5, 0.6) is 0 Å². The van der Waals surface area contributed by atoms with Gasteiger partial charge in [0.05, 0.1) is 22.4 Å². The minimum atomic E-state index is -0.422. The fourth-order valence-electron chi connectivity index (χ4n) is 6.31. The average molecular weight is 573 g/mol. The van der Waals surface area contributed by atoms with Crippen LogP contribution < -0.4 is 4.90 Å². The van der Waals surface area contributed by atoms with Gasteiger partial charge in [-0.15, -0.1) is 0 Å². The zero-order valence-corrected chi connectivity index (χ0v) is 23.7. The zero-order chi connectivity index (χ0) is 29.6. The minimum Gasteiger partial charge on any atom is -0.309 e. The van der Waals surface area contributed by atoms with Gasteiger partial charge >= 0.3 is 0 Å². The third-order valence-corrected chi connectivity index (χ3v) is 8.30. The minimum absolute atomic E-state index is 0.286. The number of rotatable bonds is 6. The standard InChI is InChI=1S/C40H26F2N2/c41-33-12-4-6-14-35(33)43(36-15-7-5-13-34(36)42)31-23-18-27(19-24-31)17-20-28-22-26-38-40-32(28)25-21-29-9-8-16-37(39(29)40)44(38)30-10-2-1-3-11-30/h1-26H/b20-17+. The highest BCUT2D eigenvalue weighted by Crippen LogP contribution is 2.41. The summed E-state index contributed by atoms with van der Waals surface area (Å²) in [6, 6.07) is 46.3. The second-order valence-electron chi connectivity index (χ2n) is 10.9. The van der Waals surface area contributed by atoms with Crippen molar-refractivity contribution in [1.29, 1.82) is 0 Å². The van der Waals surface area contributed by atoms with Crippen molar-refractivity contribution in [2.24, 2.45) is 0 Å². The van der Waals surface area contributed by atoms with Crippen LogP contribution in [0.3, 0.4) is 0 Å². The first kappa shape index (κ1) is 25.9. The van der Waals surface area contributed by atoms with Gasteiger partial charge < -0.3 is 9.47 Å². The Morgan fingerprint density at radius 1 is 0.500 bits per heavy atom. The van der Waals surface area contributed by atoms with E-state index in [1.54, 1.807) is 41.3 Å². The molecule has 1 aromatic heterocycles. The lowest BCUT2D eigenvalue weighted by atomic mass is 9.98. The van der Waals surface area contributed by atoms with Crippen molar-refractivity contribution in [3.8, 4) is 5.69 Å². The van der Waals surface area contributed by atoms with Crippen molar-refractivity contribution in [3.63, 3.8) is 0 Å². The van der Waals surface area contributed by atoms with Gasteiger partial charge in [-0.1, -0.05) is 97.1 Å². The van der Waals surface area contributed by atoms with E-state index in [-0.39, 0.29) is 11.4 Å². The van der Waals surface area contributed by atoms with Gasteiger partial charge in [-0.2, -0.15) is 0 Å². The summed E-state index contributed by atoms with van der Waals surface area (Å²) in [6.07, 6.45) is 4.22. The number of hydrogen-bond acceptors (Lipinski definition) is 1. The Labute approximate surface area is 253 Å². The molecule has 0 saturated heterocycles. The fraction of sp³-hybridized carbons (Fsp3) is 0. The van der Waals surface area contributed by atoms with Gasteiger partial charge in [-0.25, -0.2) is 8.78 Å². The summed E-state index contributed by atoms with van der Waals surface area (Å²) in [7, 11) is 0. The van der Waals surface area contributed by atoms with Crippen LogP contribution in [0.15, 0.2) is 146 Å². The predicted octanol–water partition coefficient (Wildman–Crippen LogP) is 11.3. The maximum atomic E-state index is 14.9. The Balaban J connectivity index is 1.19. The van der Waals surface area contributed by atoms with Crippen molar-refractivity contribution in [1.82, 2.24) is 4.57 Å². The molecule has 0 bridgehead atoms. The van der Waals surface area contributed by atoms with Gasteiger partial charge in [-0.05, 0) is 82.6 Å². The van der Waals surface area contributed by atoms with E-state index in [0.29, 0.717) is 5.69 Å². The number of nitrogens with zero attached hydrogens (tertiary/aromatic N) is 2. The SMILES string of the molecule is Fc1ccccc1N(c1ccc(/C=C/c2ccc3c4c2ccc2cccc(c24)n3-c2ccccc2)cc1)c1ccccc1F. The van der Waals surface area contributed by atoms with Gasteiger partial charge in [0.1, 0.15) is 11.6 Å². The largest absolute Gasteiger partial charge is 0.309 e. The monoisotopic (exact) mass is 572 g/mol. The smallest absolute Gasteiger partial charge is 0.147 e. The lowest BCUT2D eigenvalue weighted by molar-refractivity contribution is 0.619. The Kier molecular flexibility index (Phi) is 6.20. The maximum absolute atomic E-state index is 14.9. The molecule has 8 rings (SSSR count). The van der Waals surface area contributed by atoms with Crippen LogP contribution in [0.25, 0.3) is 50.4 Å². The van der Waals surface area contributed by atoms with Crippen molar-refractivity contribution >= 4 is 61.8 Å². The zero-order valence-electron chi connectivity index (χ0n) is 23.7. The highest BCUT2D eigenvalue weighted by molar-refractivity contribution is 6.25. The molecular weight excluding hydrogens is 546 g/mol. The van der Waals surface area contributed by atoms with E-state index in [1.165, 1.54) is 44.7 Å². The topological polar surface area (TPSA) is 8.17 Å². The van der Waals surface area contributed by atoms with Crippen molar-refractivity contribution in [2.75, 3.05) is 4.90 Å². The van der Waals surface area contributed by atoms with Crippen molar-refractivity contribution in [3.05, 3.63) is 168 Å². The molecule has 7 aromatic carbocycles. The number of benzene rings is 7. The molecule has 4 heteroatoms.